The predicted octanol–water partition coefficient (Wildman–Crippen LogP) is 4.12. The van der Waals surface area contributed by atoms with Crippen molar-refractivity contribution in [3.63, 3.8) is 0 Å². The summed E-state index contributed by atoms with van der Waals surface area (Å²) in [4.78, 5) is 0. The van der Waals surface area contributed by atoms with Crippen LogP contribution in [0.25, 0.3) is 0 Å². The van der Waals surface area contributed by atoms with Crippen LogP contribution in [0.15, 0.2) is 48.5 Å². The minimum absolute atomic E-state index is 0.0899. The van der Waals surface area contributed by atoms with Gasteiger partial charge in [0.25, 0.3) is 0 Å². The molecule has 2 aromatic carbocycles. The van der Waals surface area contributed by atoms with E-state index in [-0.39, 0.29) is 12.5 Å². The smallest absolute Gasteiger partial charge is 0.142 e. The molecule has 0 saturated carbocycles. The van der Waals surface area contributed by atoms with Crippen molar-refractivity contribution in [2.24, 2.45) is 0 Å². The molecule has 0 aromatic heterocycles. The molecule has 116 valence electrons. The molecular formula is C18H19F2NO. The lowest BCUT2D eigenvalue weighted by molar-refractivity contribution is 0.0868. The Morgan fingerprint density at radius 2 is 1.95 bits per heavy atom. The number of piperidine rings is 1. The molecule has 22 heavy (non-hydrogen) atoms. The molecule has 0 spiro atoms. The molecule has 3 rings (SSSR count). The maximum Gasteiger partial charge on any atom is 0.142 e. The average Bonchev–Trinajstić information content (AvgIpc) is 2.56. The molecule has 0 bridgehead atoms. The summed E-state index contributed by atoms with van der Waals surface area (Å²) < 4.78 is 34.4. The van der Waals surface area contributed by atoms with Gasteiger partial charge in [-0.05, 0) is 36.7 Å². The summed E-state index contributed by atoms with van der Waals surface area (Å²) in [5, 5.41) is 3.34. The van der Waals surface area contributed by atoms with Crippen molar-refractivity contribution in [3.8, 4) is 5.75 Å². The number of methoxy groups -OCH3 is 1. The van der Waals surface area contributed by atoms with Crippen molar-refractivity contribution in [2.75, 3.05) is 13.7 Å². The zero-order valence-corrected chi connectivity index (χ0v) is 12.5. The number of rotatable bonds is 3. The van der Waals surface area contributed by atoms with Gasteiger partial charge in [-0.15, -0.1) is 0 Å². The predicted molar refractivity (Wildman–Crippen MR) is 82.2 cm³/mol. The maximum atomic E-state index is 15.6. The van der Waals surface area contributed by atoms with Crippen LogP contribution in [0, 0.1) is 5.82 Å². The Morgan fingerprint density at radius 3 is 2.68 bits per heavy atom. The molecule has 1 fully saturated rings. The van der Waals surface area contributed by atoms with Crippen molar-refractivity contribution in [1.82, 2.24) is 5.32 Å². The average molecular weight is 303 g/mol. The summed E-state index contributed by atoms with van der Waals surface area (Å²) in [5.41, 5.74) is -0.254. The number of alkyl halides is 1. The Morgan fingerprint density at radius 1 is 1.18 bits per heavy atom. The molecule has 1 N–H and O–H groups in total. The Labute approximate surface area is 129 Å². The lowest BCUT2D eigenvalue weighted by Gasteiger charge is -2.36. The van der Waals surface area contributed by atoms with E-state index in [9.17, 15) is 4.39 Å². The van der Waals surface area contributed by atoms with E-state index >= 15 is 4.39 Å². The first kappa shape index (κ1) is 15.0. The molecule has 0 aliphatic carbocycles. The zero-order chi connectivity index (χ0) is 15.6. The van der Waals surface area contributed by atoms with E-state index in [0.717, 1.165) is 5.56 Å². The number of hydrogen-bond donors (Lipinski definition) is 1. The summed E-state index contributed by atoms with van der Waals surface area (Å²) >= 11 is 0. The maximum absolute atomic E-state index is 15.6. The van der Waals surface area contributed by atoms with Crippen LogP contribution in [-0.2, 0) is 5.67 Å². The van der Waals surface area contributed by atoms with Gasteiger partial charge in [-0.2, -0.15) is 0 Å². The van der Waals surface area contributed by atoms with E-state index in [2.05, 4.69) is 5.32 Å². The lowest BCUT2D eigenvalue weighted by Crippen LogP contribution is -2.39. The molecule has 1 heterocycles. The van der Waals surface area contributed by atoms with Gasteiger partial charge < -0.3 is 10.1 Å². The van der Waals surface area contributed by atoms with Gasteiger partial charge in [0.15, 0.2) is 0 Å². The molecule has 2 atom stereocenters. The fraction of sp³-hybridized carbons (Fsp3) is 0.333. The van der Waals surface area contributed by atoms with E-state index in [4.69, 9.17) is 4.74 Å². The molecule has 0 radical (unpaired) electrons. The summed E-state index contributed by atoms with van der Waals surface area (Å²) in [7, 11) is 1.48. The van der Waals surface area contributed by atoms with Gasteiger partial charge in [0.1, 0.15) is 17.2 Å². The molecule has 4 heteroatoms. The van der Waals surface area contributed by atoms with Crippen molar-refractivity contribution in [1.29, 1.82) is 0 Å². The highest BCUT2D eigenvalue weighted by molar-refractivity contribution is 5.39. The Kier molecular flexibility index (Phi) is 4.12. The second kappa shape index (κ2) is 6.05. The van der Waals surface area contributed by atoms with Gasteiger partial charge in [-0.1, -0.05) is 30.3 Å². The lowest BCUT2D eigenvalue weighted by atomic mass is 9.81. The number of benzene rings is 2. The quantitative estimate of drug-likeness (QED) is 0.921. The molecule has 2 unspecified atom stereocenters. The van der Waals surface area contributed by atoms with Gasteiger partial charge in [0, 0.05) is 18.0 Å². The molecule has 1 saturated heterocycles. The van der Waals surface area contributed by atoms with Crippen LogP contribution in [0.3, 0.4) is 0 Å². The number of ether oxygens (including phenoxy) is 1. The van der Waals surface area contributed by atoms with Crippen LogP contribution in [0.4, 0.5) is 8.78 Å². The summed E-state index contributed by atoms with van der Waals surface area (Å²) in [6, 6.07) is 13.7. The van der Waals surface area contributed by atoms with Gasteiger partial charge >= 0.3 is 0 Å². The van der Waals surface area contributed by atoms with Crippen molar-refractivity contribution in [3.05, 3.63) is 65.5 Å². The zero-order valence-electron chi connectivity index (χ0n) is 12.5. The van der Waals surface area contributed by atoms with E-state index in [1.54, 1.807) is 0 Å². The van der Waals surface area contributed by atoms with Crippen molar-refractivity contribution < 1.29 is 13.5 Å². The standard InChI is InChI=1S/C18H19F2NO/c1-22-17-8-7-14(19)11-15(17)18(20)9-10-21-16(12-18)13-5-3-2-4-6-13/h2-8,11,16,21H,9-10,12H2,1H3. The van der Waals surface area contributed by atoms with Crippen LogP contribution < -0.4 is 10.1 Å². The first-order valence-electron chi connectivity index (χ1n) is 7.44. The molecule has 2 nitrogen and oxygen atoms in total. The first-order chi connectivity index (χ1) is 10.6. The van der Waals surface area contributed by atoms with E-state index < -0.39 is 11.5 Å². The van der Waals surface area contributed by atoms with E-state index in [1.807, 2.05) is 30.3 Å². The number of nitrogens with one attached hydrogen (secondary N) is 1. The summed E-state index contributed by atoms with van der Waals surface area (Å²) in [5.74, 6) is -0.0415. The van der Waals surface area contributed by atoms with E-state index in [1.165, 1.54) is 25.3 Å². The normalized spacial score (nSPS) is 25.0. The third-order valence-electron chi connectivity index (χ3n) is 4.29. The molecule has 1 aliphatic heterocycles. The summed E-state index contributed by atoms with van der Waals surface area (Å²) in [6.45, 7) is 0.537. The highest BCUT2D eigenvalue weighted by atomic mass is 19.1. The van der Waals surface area contributed by atoms with Crippen LogP contribution in [0.5, 0.6) is 5.75 Å². The van der Waals surface area contributed by atoms with Crippen molar-refractivity contribution in [2.45, 2.75) is 24.6 Å². The highest BCUT2D eigenvalue weighted by Crippen LogP contribution is 2.44. The Hall–Kier alpha value is -1.94. The largest absolute Gasteiger partial charge is 0.496 e. The van der Waals surface area contributed by atoms with Crippen LogP contribution in [-0.4, -0.2) is 13.7 Å². The minimum atomic E-state index is -1.60. The van der Waals surface area contributed by atoms with Gasteiger partial charge in [-0.25, -0.2) is 8.78 Å². The molecule has 0 amide bonds. The summed E-state index contributed by atoms with van der Waals surface area (Å²) in [6.07, 6.45) is 0.562. The number of halogens is 2. The minimum Gasteiger partial charge on any atom is -0.496 e. The molecular weight excluding hydrogens is 284 g/mol. The molecule has 1 aliphatic rings. The van der Waals surface area contributed by atoms with Gasteiger partial charge in [-0.3, -0.25) is 0 Å². The third kappa shape index (κ3) is 2.83. The van der Waals surface area contributed by atoms with Gasteiger partial charge in [0.2, 0.25) is 0 Å². The Bertz CT molecular complexity index is 647. The molecule has 2 aromatic rings. The van der Waals surface area contributed by atoms with Crippen LogP contribution >= 0.6 is 0 Å². The van der Waals surface area contributed by atoms with Gasteiger partial charge in [0.05, 0.1) is 7.11 Å². The van der Waals surface area contributed by atoms with E-state index in [0.29, 0.717) is 24.3 Å². The van der Waals surface area contributed by atoms with Crippen molar-refractivity contribution >= 4 is 0 Å². The Balaban J connectivity index is 1.94. The second-order valence-electron chi connectivity index (χ2n) is 5.68. The fourth-order valence-corrected chi connectivity index (χ4v) is 3.14. The van der Waals surface area contributed by atoms with Crippen LogP contribution in [0.1, 0.15) is 30.0 Å². The third-order valence-corrected chi connectivity index (χ3v) is 4.29. The first-order valence-corrected chi connectivity index (χ1v) is 7.44. The number of hydrogen-bond acceptors (Lipinski definition) is 2. The monoisotopic (exact) mass is 303 g/mol. The second-order valence-corrected chi connectivity index (χ2v) is 5.68. The van der Waals surface area contributed by atoms with Crippen LogP contribution in [0.2, 0.25) is 0 Å². The topological polar surface area (TPSA) is 21.3 Å². The fourth-order valence-electron chi connectivity index (χ4n) is 3.14. The SMILES string of the molecule is COc1ccc(F)cc1C1(F)CCNC(c2ccccc2)C1. The highest BCUT2D eigenvalue weighted by Gasteiger charge is 2.40.